The Balaban J connectivity index is 3.85. The first kappa shape index (κ1) is 21.8. The third kappa shape index (κ3) is 9.05. The molecule has 0 fully saturated rings. The Bertz CT molecular complexity index is 348. The highest BCUT2D eigenvalue weighted by atomic mass is 32.2. The molecule has 0 heterocycles. The number of hydrogen-bond acceptors (Lipinski definition) is 4. The van der Waals surface area contributed by atoms with Crippen molar-refractivity contribution in [3.8, 4) is 0 Å². The second kappa shape index (κ2) is 8.59. The molecule has 22 heavy (non-hydrogen) atoms. The topological polar surface area (TPSA) is 38.8 Å². The zero-order chi connectivity index (χ0) is 17.6. The van der Waals surface area contributed by atoms with Gasteiger partial charge in [-0.25, -0.2) is 4.79 Å². The van der Waals surface area contributed by atoms with Gasteiger partial charge < -0.3 is 14.1 Å². The molecule has 6 heteroatoms. The maximum absolute atomic E-state index is 11.8. The third-order valence-corrected chi connectivity index (χ3v) is 9.24. The number of hydrogen-bond donors (Lipinski definition) is 0. The van der Waals surface area contributed by atoms with Crippen molar-refractivity contribution in [3.05, 3.63) is 0 Å². The summed E-state index contributed by atoms with van der Waals surface area (Å²) in [6.45, 7) is 18.4. The lowest BCUT2D eigenvalue weighted by molar-refractivity contribution is 0.0309. The Hall–Kier alpha value is -0.203. The predicted molar refractivity (Wildman–Crippen MR) is 99.3 cm³/mol. The monoisotopic (exact) mass is 349 g/mol. The minimum atomic E-state index is -1.63. The van der Waals surface area contributed by atoms with Crippen molar-refractivity contribution in [2.24, 2.45) is 0 Å². The van der Waals surface area contributed by atoms with E-state index >= 15 is 0 Å². The molecule has 132 valence electrons. The van der Waals surface area contributed by atoms with E-state index in [2.05, 4.69) is 33.9 Å². The van der Waals surface area contributed by atoms with Crippen LogP contribution in [-0.2, 0) is 9.16 Å². The van der Waals surface area contributed by atoms with Crippen LogP contribution in [0.5, 0.6) is 0 Å². The number of thioether (sulfide) groups is 1. The number of carbonyl (C=O) groups is 1. The van der Waals surface area contributed by atoms with E-state index < -0.39 is 13.9 Å². The summed E-state index contributed by atoms with van der Waals surface area (Å²) in [4.78, 5) is 13.4. The summed E-state index contributed by atoms with van der Waals surface area (Å²) in [5.74, 6) is 1.87. The minimum absolute atomic E-state index is 0.259. The first-order valence-electron chi connectivity index (χ1n) is 7.92. The van der Waals surface area contributed by atoms with Crippen LogP contribution >= 0.6 is 11.8 Å². The molecule has 0 aliphatic rings. The van der Waals surface area contributed by atoms with Gasteiger partial charge in [0.25, 0.3) is 0 Å². The van der Waals surface area contributed by atoms with Crippen molar-refractivity contribution >= 4 is 26.2 Å². The van der Waals surface area contributed by atoms with Gasteiger partial charge in [-0.05, 0) is 38.9 Å². The molecule has 0 rings (SSSR count). The summed E-state index contributed by atoms with van der Waals surface area (Å²) >= 11 is 1.82. The van der Waals surface area contributed by atoms with E-state index in [-0.39, 0.29) is 11.1 Å². The SMILES string of the molecule is CN(CCSCCO[Si](C)(C)C(C)(C)C)C(=O)OC(C)(C)C. The van der Waals surface area contributed by atoms with Gasteiger partial charge in [0.05, 0.1) is 0 Å². The molecule has 0 bridgehead atoms. The van der Waals surface area contributed by atoms with Gasteiger partial charge in [-0.2, -0.15) is 11.8 Å². The molecule has 0 aromatic rings. The fourth-order valence-electron chi connectivity index (χ4n) is 1.31. The molecule has 0 aromatic carbocycles. The minimum Gasteiger partial charge on any atom is -0.444 e. The normalized spacial score (nSPS) is 13.1. The van der Waals surface area contributed by atoms with E-state index in [0.29, 0.717) is 6.54 Å². The maximum atomic E-state index is 11.8. The largest absolute Gasteiger partial charge is 0.444 e. The van der Waals surface area contributed by atoms with Crippen LogP contribution in [0.2, 0.25) is 18.1 Å². The van der Waals surface area contributed by atoms with Crippen molar-refractivity contribution in [3.63, 3.8) is 0 Å². The standard InChI is InChI=1S/C16H35NO3SSi/c1-15(2,3)20-14(18)17(7)10-12-21-13-11-19-22(8,9)16(4,5)6/h10-13H2,1-9H3. The second-order valence-electron chi connectivity index (χ2n) is 8.12. The van der Waals surface area contributed by atoms with Crippen LogP contribution in [0.4, 0.5) is 4.79 Å². The highest BCUT2D eigenvalue weighted by Gasteiger charge is 2.36. The van der Waals surface area contributed by atoms with Crippen LogP contribution in [0.25, 0.3) is 0 Å². The number of carbonyl (C=O) groups excluding carboxylic acids is 1. The fraction of sp³-hybridized carbons (Fsp3) is 0.938. The van der Waals surface area contributed by atoms with Crippen molar-refractivity contribution in [1.82, 2.24) is 4.90 Å². The molecule has 0 unspecified atom stereocenters. The molecule has 0 saturated heterocycles. The summed E-state index contributed by atoms with van der Waals surface area (Å²) in [5.41, 5.74) is -0.435. The zero-order valence-corrected chi connectivity index (χ0v) is 17.7. The number of rotatable bonds is 7. The molecular weight excluding hydrogens is 314 g/mol. The second-order valence-corrected chi connectivity index (χ2v) is 14.2. The smallest absolute Gasteiger partial charge is 0.410 e. The van der Waals surface area contributed by atoms with Crippen molar-refractivity contribution in [2.45, 2.75) is 65.3 Å². The van der Waals surface area contributed by atoms with Crippen molar-refractivity contribution in [2.75, 3.05) is 31.7 Å². The molecule has 0 spiro atoms. The van der Waals surface area contributed by atoms with Crippen LogP contribution in [0.3, 0.4) is 0 Å². The third-order valence-electron chi connectivity index (χ3n) is 3.77. The summed E-state index contributed by atoms with van der Waals surface area (Å²) < 4.78 is 11.4. The molecule has 0 aliphatic heterocycles. The Kier molecular flexibility index (Phi) is 8.51. The van der Waals surface area contributed by atoms with Crippen LogP contribution in [0, 0.1) is 0 Å². The molecule has 4 nitrogen and oxygen atoms in total. The Morgan fingerprint density at radius 2 is 1.64 bits per heavy atom. The lowest BCUT2D eigenvalue weighted by atomic mass is 10.2. The first-order valence-corrected chi connectivity index (χ1v) is 12.0. The Labute approximate surface area is 142 Å². The first-order chi connectivity index (χ1) is 9.76. The van der Waals surface area contributed by atoms with Gasteiger partial charge in [0.15, 0.2) is 8.32 Å². The van der Waals surface area contributed by atoms with Gasteiger partial charge in [-0.3, -0.25) is 0 Å². The molecule has 0 saturated carbocycles. The van der Waals surface area contributed by atoms with E-state index in [0.717, 1.165) is 18.1 Å². The molecule has 0 atom stereocenters. The summed E-state index contributed by atoms with van der Waals surface area (Å²) in [6, 6.07) is 0. The summed E-state index contributed by atoms with van der Waals surface area (Å²) in [6.07, 6.45) is -0.259. The lowest BCUT2D eigenvalue weighted by Gasteiger charge is -2.36. The Morgan fingerprint density at radius 3 is 2.09 bits per heavy atom. The van der Waals surface area contributed by atoms with E-state index in [9.17, 15) is 4.79 Å². The summed E-state index contributed by atoms with van der Waals surface area (Å²) in [5, 5.41) is 0.259. The average Bonchev–Trinajstić information content (AvgIpc) is 2.29. The quantitative estimate of drug-likeness (QED) is 0.497. The molecule has 0 aliphatic carbocycles. The number of ether oxygens (including phenoxy) is 1. The van der Waals surface area contributed by atoms with Crippen LogP contribution in [0.1, 0.15) is 41.5 Å². The maximum Gasteiger partial charge on any atom is 0.410 e. The fourth-order valence-corrected chi connectivity index (χ4v) is 3.31. The van der Waals surface area contributed by atoms with Gasteiger partial charge in [-0.15, -0.1) is 0 Å². The van der Waals surface area contributed by atoms with E-state index in [1.165, 1.54) is 0 Å². The average molecular weight is 350 g/mol. The molecule has 0 N–H and O–H groups in total. The van der Waals surface area contributed by atoms with Gasteiger partial charge >= 0.3 is 6.09 Å². The zero-order valence-electron chi connectivity index (χ0n) is 15.9. The van der Waals surface area contributed by atoms with Crippen LogP contribution in [-0.4, -0.2) is 56.6 Å². The molecule has 0 radical (unpaired) electrons. The van der Waals surface area contributed by atoms with E-state index in [1.54, 1.807) is 11.9 Å². The predicted octanol–water partition coefficient (Wildman–Crippen LogP) is 4.61. The van der Waals surface area contributed by atoms with Crippen molar-refractivity contribution < 1.29 is 14.0 Å². The lowest BCUT2D eigenvalue weighted by Crippen LogP contribution is -2.41. The molecule has 0 aromatic heterocycles. The van der Waals surface area contributed by atoms with Crippen molar-refractivity contribution in [1.29, 1.82) is 0 Å². The van der Waals surface area contributed by atoms with Gasteiger partial charge in [-0.1, -0.05) is 20.8 Å². The Morgan fingerprint density at radius 1 is 1.09 bits per heavy atom. The summed E-state index contributed by atoms with van der Waals surface area (Å²) in [7, 11) is 0.149. The number of amides is 1. The van der Waals surface area contributed by atoms with E-state index in [1.807, 2.05) is 32.5 Å². The molecular formula is C16H35NO3SSi. The van der Waals surface area contributed by atoms with Gasteiger partial charge in [0, 0.05) is 31.7 Å². The molecule has 1 amide bonds. The number of nitrogens with zero attached hydrogens (tertiary/aromatic N) is 1. The highest BCUT2D eigenvalue weighted by molar-refractivity contribution is 7.99. The van der Waals surface area contributed by atoms with Gasteiger partial charge in [0.2, 0.25) is 0 Å². The van der Waals surface area contributed by atoms with Crippen LogP contribution < -0.4 is 0 Å². The van der Waals surface area contributed by atoms with Gasteiger partial charge in [0.1, 0.15) is 5.60 Å². The van der Waals surface area contributed by atoms with E-state index in [4.69, 9.17) is 9.16 Å². The van der Waals surface area contributed by atoms with Crippen LogP contribution in [0.15, 0.2) is 0 Å². The highest BCUT2D eigenvalue weighted by Crippen LogP contribution is 2.36.